The molecule has 0 atom stereocenters. The lowest BCUT2D eigenvalue weighted by atomic mass is 10.0. The number of anilines is 1. The summed E-state index contributed by atoms with van der Waals surface area (Å²) in [4.78, 5) is 17.0. The third-order valence-electron chi connectivity index (χ3n) is 4.85. The second-order valence-electron chi connectivity index (χ2n) is 7.57. The summed E-state index contributed by atoms with van der Waals surface area (Å²) in [5.74, 6) is 1.32. The molecule has 3 rings (SSSR count). The van der Waals surface area contributed by atoms with Crippen molar-refractivity contribution in [2.24, 2.45) is 5.92 Å². The molecule has 1 amide bonds. The molecule has 0 bridgehead atoms. The summed E-state index contributed by atoms with van der Waals surface area (Å²) in [5.41, 5.74) is 4.96. The van der Waals surface area contributed by atoms with E-state index in [0.29, 0.717) is 5.92 Å². The number of aryl methyl sites for hydroxylation is 1. The lowest BCUT2D eigenvalue weighted by Gasteiger charge is -2.06. The quantitative estimate of drug-likeness (QED) is 0.581. The molecule has 0 fully saturated rings. The number of nitrogens with one attached hydrogen (secondary N) is 1. The Morgan fingerprint density at radius 1 is 1.24 bits per heavy atom. The van der Waals surface area contributed by atoms with Gasteiger partial charge in [-0.25, -0.2) is 9.67 Å². The van der Waals surface area contributed by atoms with Crippen molar-refractivity contribution in [3.8, 4) is 10.9 Å². The summed E-state index contributed by atoms with van der Waals surface area (Å²) in [5, 5.41) is 10.3. The standard InChI is InChI=1S/C22H28N4O2S/c1-14(2)6-11-20-15(3)25-26(16(20)4)22-24-18(13-29-22)12-21(27)23-17-7-9-19(28-5)10-8-17/h7-10,13-14H,6,11-12H2,1-5H3,(H,23,27). The van der Waals surface area contributed by atoms with Gasteiger partial charge in [0, 0.05) is 16.8 Å². The second-order valence-corrected chi connectivity index (χ2v) is 8.41. The number of carbonyl (C=O) groups excluding carboxylic acids is 1. The van der Waals surface area contributed by atoms with Crippen LogP contribution in [0, 0.1) is 19.8 Å². The lowest BCUT2D eigenvalue weighted by Crippen LogP contribution is -2.14. The van der Waals surface area contributed by atoms with E-state index in [1.54, 1.807) is 7.11 Å². The maximum absolute atomic E-state index is 12.4. The number of benzene rings is 1. The van der Waals surface area contributed by atoms with E-state index in [-0.39, 0.29) is 12.3 Å². The number of rotatable bonds is 8. The molecule has 0 unspecified atom stereocenters. The maximum Gasteiger partial charge on any atom is 0.230 e. The molecule has 3 aromatic rings. The van der Waals surface area contributed by atoms with Gasteiger partial charge in [0.15, 0.2) is 0 Å². The first-order valence-corrected chi connectivity index (χ1v) is 10.7. The Labute approximate surface area is 175 Å². The summed E-state index contributed by atoms with van der Waals surface area (Å²) >= 11 is 1.51. The van der Waals surface area contributed by atoms with Crippen LogP contribution in [0.1, 0.15) is 42.9 Å². The molecule has 1 aromatic carbocycles. The minimum Gasteiger partial charge on any atom is -0.497 e. The highest BCUT2D eigenvalue weighted by Gasteiger charge is 2.16. The molecule has 29 heavy (non-hydrogen) atoms. The molecule has 154 valence electrons. The van der Waals surface area contributed by atoms with E-state index in [2.05, 4.69) is 43.1 Å². The van der Waals surface area contributed by atoms with Gasteiger partial charge in [-0.15, -0.1) is 11.3 Å². The largest absolute Gasteiger partial charge is 0.497 e. The summed E-state index contributed by atoms with van der Waals surface area (Å²) < 4.78 is 7.03. The van der Waals surface area contributed by atoms with Gasteiger partial charge in [0.2, 0.25) is 11.0 Å². The number of nitrogens with zero attached hydrogens (tertiary/aromatic N) is 3. The van der Waals surface area contributed by atoms with Crippen LogP contribution in [-0.2, 0) is 17.6 Å². The molecular formula is C22H28N4O2S. The number of aromatic nitrogens is 3. The minimum absolute atomic E-state index is 0.0991. The number of carbonyl (C=O) groups is 1. The van der Waals surface area contributed by atoms with Gasteiger partial charge in [-0.1, -0.05) is 13.8 Å². The van der Waals surface area contributed by atoms with Crippen molar-refractivity contribution in [1.29, 1.82) is 0 Å². The first-order valence-electron chi connectivity index (χ1n) is 9.81. The smallest absolute Gasteiger partial charge is 0.230 e. The van der Waals surface area contributed by atoms with Crippen molar-refractivity contribution in [3.63, 3.8) is 0 Å². The molecule has 0 aliphatic heterocycles. The van der Waals surface area contributed by atoms with Crippen LogP contribution < -0.4 is 10.1 Å². The number of hydrogen-bond acceptors (Lipinski definition) is 5. The van der Waals surface area contributed by atoms with Gasteiger partial charge in [0.1, 0.15) is 5.75 Å². The number of methoxy groups -OCH3 is 1. The van der Waals surface area contributed by atoms with Crippen molar-refractivity contribution in [2.45, 2.75) is 47.0 Å². The average Bonchev–Trinajstić information content (AvgIpc) is 3.24. The van der Waals surface area contributed by atoms with Crippen molar-refractivity contribution >= 4 is 22.9 Å². The molecule has 0 radical (unpaired) electrons. The van der Waals surface area contributed by atoms with E-state index in [1.807, 2.05) is 34.3 Å². The molecule has 7 heteroatoms. The van der Waals surface area contributed by atoms with Crippen LogP contribution in [0.4, 0.5) is 5.69 Å². The minimum atomic E-state index is -0.0991. The number of thiazole rings is 1. The van der Waals surface area contributed by atoms with Crippen molar-refractivity contribution in [2.75, 3.05) is 12.4 Å². The van der Waals surface area contributed by atoms with Gasteiger partial charge in [-0.05, 0) is 62.4 Å². The molecule has 6 nitrogen and oxygen atoms in total. The monoisotopic (exact) mass is 412 g/mol. The zero-order valence-electron chi connectivity index (χ0n) is 17.7. The Morgan fingerprint density at radius 3 is 2.62 bits per heavy atom. The van der Waals surface area contributed by atoms with Crippen LogP contribution in [0.25, 0.3) is 5.13 Å². The zero-order chi connectivity index (χ0) is 21.0. The topological polar surface area (TPSA) is 69.0 Å². The van der Waals surface area contributed by atoms with Crippen LogP contribution in [0.15, 0.2) is 29.6 Å². The number of amides is 1. The van der Waals surface area contributed by atoms with E-state index < -0.39 is 0 Å². The highest BCUT2D eigenvalue weighted by atomic mass is 32.1. The molecule has 0 saturated heterocycles. The van der Waals surface area contributed by atoms with Gasteiger partial charge < -0.3 is 10.1 Å². The Kier molecular flexibility index (Phi) is 6.69. The van der Waals surface area contributed by atoms with Crippen LogP contribution in [0.5, 0.6) is 5.75 Å². The average molecular weight is 413 g/mol. The molecule has 0 aliphatic rings. The van der Waals surface area contributed by atoms with Crippen molar-refractivity contribution in [3.05, 3.63) is 52.3 Å². The van der Waals surface area contributed by atoms with Crippen LogP contribution in [-0.4, -0.2) is 27.8 Å². The highest BCUT2D eigenvalue weighted by Crippen LogP contribution is 2.23. The van der Waals surface area contributed by atoms with Crippen LogP contribution >= 0.6 is 11.3 Å². The Morgan fingerprint density at radius 2 is 1.97 bits per heavy atom. The van der Waals surface area contributed by atoms with E-state index >= 15 is 0 Å². The Hall–Kier alpha value is -2.67. The summed E-state index contributed by atoms with van der Waals surface area (Å²) in [6.45, 7) is 8.61. The third kappa shape index (κ3) is 5.23. The lowest BCUT2D eigenvalue weighted by molar-refractivity contribution is -0.115. The van der Waals surface area contributed by atoms with E-state index in [0.717, 1.165) is 46.5 Å². The van der Waals surface area contributed by atoms with Crippen LogP contribution in [0.2, 0.25) is 0 Å². The first-order chi connectivity index (χ1) is 13.9. The summed E-state index contributed by atoms with van der Waals surface area (Å²) in [6.07, 6.45) is 2.39. The maximum atomic E-state index is 12.4. The predicted octanol–water partition coefficient (Wildman–Crippen LogP) is 4.72. The first kappa shape index (κ1) is 21.0. The summed E-state index contributed by atoms with van der Waals surface area (Å²) in [7, 11) is 1.61. The fourth-order valence-electron chi connectivity index (χ4n) is 3.17. The Balaban J connectivity index is 1.67. The van der Waals surface area contributed by atoms with Gasteiger partial charge in [0.05, 0.1) is 24.9 Å². The van der Waals surface area contributed by atoms with Crippen LogP contribution in [0.3, 0.4) is 0 Å². The fraction of sp³-hybridized carbons (Fsp3) is 0.409. The fourth-order valence-corrected chi connectivity index (χ4v) is 4.00. The Bertz CT molecular complexity index is 973. The third-order valence-corrected chi connectivity index (χ3v) is 5.71. The number of hydrogen-bond donors (Lipinski definition) is 1. The highest BCUT2D eigenvalue weighted by molar-refractivity contribution is 7.12. The molecule has 2 heterocycles. The molecule has 0 saturated carbocycles. The van der Waals surface area contributed by atoms with Crippen molar-refractivity contribution in [1.82, 2.24) is 14.8 Å². The zero-order valence-corrected chi connectivity index (χ0v) is 18.5. The van der Waals surface area contributed by atoms with E-state index in [4.69, 9.17) is 4.74 Å². The van der Waals surface area contributed by atoms with Gasteiger partial charge >= 0.3 is 0 Å². The predicted molar refractivity (Wildman–Crippen MR) is 117 cm³/mol. The molecule has 2 aromatic heterocycles. The molecule has 0 spiro atoms. The van der Waals surface area contributed by atoms with Crippen molar-refractivity contribution < 1.29 is 9.53 Å². The summed E-state index contributed by atoms with van der Waals surface area (Å²) in [6, 6.07) is 7.27. The molecule has 0 aliphatic carbocycles. The normalized spacial score (nSPS) is 11.1. The van der Waals surface area contributed by atoms with Gasteiger partial charge in [0.25, 0.3) is 0 Å². The van der Waals surface area contributed by atoms with E-state index in [1.165, 1.54) is 16.9 Å². The van der Waals surface area contributed by atoms with Gasteiger partial charge in [-0.2, -0.15) is 5.10 Å². The van der Waals surface area contributed by atoms with E-state index in [9.17, 15) is 4.79 Å². The molecular weight excluding hydrogens is 384 g/mol. The SMILES string of the molecule is COc1ccc(NC(=O)Cc2csc(-n3nc(C)c(CCC(C)C)c3C)n2)cc1. The second kappa shape index (κ2) is 9.22. The molecule has 1 N–H and O–H groups in total. The number of ether oxygens (including phenoxy) is 1. The van der Waals surface area contributed by atoms with Gasteiger partial charge in [-0.3, -0.25) is 4.79 Å².